The lowest BCUT2D eigenvalue weighted by Gasteiger charge is -2.09. The smallest absolute Gasteiger partial charge is 0.336 e. The quantitative estimate of drug-likeness (QED) is 0.659. The molecule has 24 heavy (non-hydrogen) atoms. The van der Waals surface area contributed by atoms with Crippen LogP contribution in [0.4, 0.5) is 0 Å². The van der Waals surface area contributed by atoms with Crippen LogP contribution in [-0.2, 0) is 0 Å². The molecule has 0 unspecified atom stereocenters. The Hall–Kier alpha value is -2.67. The van der Waals surface area contributed by atoms with Crippen LogP contribution in [0.25, 0.3) is 0 Å². The Balaban J connectivity index is 1.85. The molecule has 0 aliphatic carbocycles. The lowest BCUT2D eigenvalue weighted by atomic mass is 10.1. The summed E-state index contributed by atoms with van der Waals surface area (Å²) in [5.74, 6) is -1.91. The zero-order chi connectivity index (χ0) is 17.5. The molecular formula is C17H15BrN2O4. The highest BCUT2D eigenvalue weighted by Crippen LogP contribution is 2.11. The predicted molar refractivity (Wildman–Crippen MR) is 92.2 cm³/mol. The van der Waals surface area contributed by atoms with Crippen LogP contribution >= 0.6 is 15.9 Å². The standard InChI is InChI=1S/C17H15BrN2O4/c18-12-5-3-4-11(10-12)15(21)19-8-9-20-16(22)13-6-1-2-7-14(13)17(23)24/h1-7,10H,8-9H2,(H,19,21)(H,20,22)(H,23,24). The van der Waals surface area contributed by atoms with Crippen molar-refractivity contribution in [2.24, 2.45) is 0 Å². The van der Waals surface area contributed by atoms with Crippen LogP contribution < -0.4 is 10.6 Å². The third-order valence-corrected chi connectivity index (χ3v) is 3.68. The Morgan fingerprint density at radius 1 is 0.875 bits per heavy atom. The molecule has 3 N–H and O–H groups in total. The molecule has 0 aromatic heterocycles. The summed E-state index contributed by atoms with van der Waals surface area (Å²) in [5, 5.41) is 14.3. The Labute approximate surface area is 147 Å². The molecule has 2 aromatic carbocycles. The normalized spacial score (nSPS) is 10.0. The van der Waals surface area contributed by atoms with Gasteiger partial charge in [0.25, 0.3) is 11.8 Å². The molecule has 0 fully saturated rings. The van der Waals surface area contributed by atoms with Crippen LogP contribution in [0.2, 0.25) is 0 Å². The fourth-order valence-electron chi connectivity index (χ4n) is 2.05. The van der Waals surface area contributed by atoms with Crippen LogP contribution in [-0.4, -0.2) is 36.0 Å². The molecule has 2 aromatic rings. The van der Waals surface area contributed by atoms with Gasteiger partial charge in [-0.2, -0.15) is 0 Å². The zero-order valence-electron chi connectivity index (χ0n) is 12.6. The SMILES string of the molecule is O=C(NCCNC(=O)c1ccccc1C(=O)O)c1cccc(Br)c1. The highest BCUT2D eigenvalue weighted by atomic mass is 79.9. The maximum Gasteiger partial charge on any atom is 0.336 e. The first-order valence-corrected chi connectivity index (χ1v) is 7.92. The van der Waals surface area contributed by atoms with Gasteiger partial charge in [0.2, 0.25) is 0 Å². The first-order chi connectivity index (χ1) is 11.5. The minimum absolute atomic E-state index is 0.0619. The van der Waals surface area contributed by atoms with Gasteiger partial charge in [-0.05, 0) is 30.3 Å². The summed E-state index contributed by atoms with van der Waals surface area (Å²) in [6, 6.07) is 12.9. The van der Waals surface area contributed by atoms with Crippen LogP contribution in [0, 0.1) is 0 Å². The minimum Gasteiger partial charge on any atom is -0.478 e. The lowest BCUT2D eigenvalue weighted by molar-refractivity contribution is 0.0691. The molecule has 7 heteroatoms. The Morgan fingerprint density at radius 2 is 1.50 bits per heavy atom. The van der Waals surface area contributed by atoms with Gasteiger partial charge in [-0.25, -0.2) is 4.79 Å². The Morgan fingerprint density at radius 3 is 2.12 bits per heavy atom. The van der Waals surface area contributed by atoms with Crippen molar-refractivity contribution in [1.82, 2.24) is 10.6 Å². The summed E-state index contributed by atoms with van der Waals surface area (Å²) >= 11 is 3.29. The van der Waals surface area contributed by atoms with Gasteiger partial charge in [0.15, 0.2) is 0 Å². The number of carboxylic acid groups (broad SMARTS) is 1. The topological polar surface area (TPSA) is 95.5 Å². The number of halogens is 1. The van der Waals surface area contributed by atoms with Gasteiger partial charge in [0.05, 0.1) is 11.1 Å². The fourth-order valence-corrected chi connectivity index (χ4v) is 2.45. The number of rotatable bonds is 6. The number of hydrogen-bond donors (Lipinski definition) is 3. The molecule has 0 saturated carbocycles. The van der Waals surface area contributed by atoms with Crippen molar-refractivity contribution in [3.8, 4) is 0 Å². The summed E-state index contributed by atoms with van der Waals surface area (Å²) in [7, 11) is 0. The monoisotopic (exact) mass is 390 g/mol. The first kappa shape index (κ1) is 17.7. The van der Waals surface area contributed by atoms with Crippen LogP contribution in [0.3, 0.4) is 0 Å². The van der Waals surface area contributed by atoms with Crippen molar-refractivity contribution in [3.63, 3.8) is 0 Å². The van der Waals surface area contributed by atoms with Gasteiger partial charge in [-0.3, -0.25) is 9.59 Å². The maximum atomic E-state index is 12.0. The van der Waals surface area contributed by atoms with Gasteiger partial charge >= 0.3 is 5.97 Å². The summed E-state index contributed by atoms with van der Waals surface area (Å²) in [6.45, 7) is 0.416. The average Bonchev–Trinajstić information content (AvgIpc) is 2.58. The lowest BCUT2D eigenvalue weighted by Crippen LogP contribution is -2.35. The largest absolute Gasteiger partial charge is 0.478 e. The fraction of sp³-hybridized carbons (Fsp3) is 0.118. The van der Waals surface area contributed by atoms with Gasteiger partial charge < -0.3 is 15.7 Å². The number of hydrogen-bond acceptors (Lipinski definition) is 3. The second-order valence-electron chi connectivity index (χ2n) is 4.87. The van der Waals surface area contributed by atoms with Gasteiger partial charge in [0.1, 0.15) is 0 Å². The molecule has 6 nitrogen and oxygen atoms in total. The molecule has 124 valence electrons. The zero-order valence-corrected chi connectivity index (χ0v) is 14.2. The van der Waals surface area contributed by atoms with Crippen molar-refractivity contribution in [2.75, 3.05) is 13.1 Å². The molecule has 0 aliphatic rings. The summed E-state index contributed by atoms with van der Waals surface area (Å²) in [4.78, 5) is 35.1. The number of amides is 2. The van der Waals surface area contributed by atoms with E-state index < -0.39 is 11.9 Å². The summed E-state index contributed by atoms with van der Waals surface area (Å²) < 4.78 is 0.800. The molecule has 0 radical (unpaired) electrons. The minimum atomic E-state index is -1.16. The predicted octanol–water partition coefficient (Wildman–Crippen LogP) is 2.31. The third kappa shape index (κ3) is 4.66. The molecule has 0 aliphatic heterocycles. The molecule has 0 heterocycles. The number of benzene rings is 2. The van der Waals surface area contributed by atoms with E-state index >= 15 is 0 Å². The summed E-state index contributed by atoms with van der Waals surface area (Å²) in [5.41, 5.74) is 0.531. The second-order valence-corrected chi connectivity index (χ2v) is 5.79. The van der Waals surface area contributed by atoms with E-state index in [0.29, 0.717) is 5.56 Å². The van der Waals surface area contributed by atoms with Gasteiger partial charge in [-0.1, -0.05) is 34.1 Å². The van der Waals surface area contributed by atoms with Crippen molar-refractivity contribution in [2.45, 2.75) is 0 Å². The van der Waals surface area contributed by atoms with Crippen LogP contribution in [0.1, 0.15) is 31.1 Å². The van der Waals surface area contributed by atoms with E-state index in [2.05, 4.69) is 26.6 Å². The highest BCUT2D eigenvalue weighted by molar-refractivity contribution is 9.10. The van der Waals surface area contributed by atoms with E-state index in [-0.39, 0.29) is 30.1 Å². The number of aromatic carboxylic acids is 1. The average molecular weight is 391 g/mol. The molecule has 0 atom stereocenters. The molecule has 2 amide bonds. The number of carboxylic acids is 1. The molecule has 2 rings (SSSR count). The van der Waals surface area contributed by atoms with E-state index in [1.54, 1.807) is 30.3 Å². The third-order valence-electron chi connectivity index (χ3n) is 3.19. The molecule has 0 saturated heterocycles. The van der Waals surface area contributed by atoms with Crippen molar-refractivity contribution < 1.29 is 19.5 Å². The Bertz CT molecular complexity index is 777. The maximum absolute atomic E-state index is 12.0. The van der Waals surface area contributed by atoms with Gasteiger partial charge in [0, 0.05) is 23.1 Å². The second kappa shape index (κ2) is 8.26. The number of nitrogens with one attached hydrogen (secondary N) is 2. The van der Waals surface area contributed by atoms with Crippen molar-refractivity contribution >= 4 is 33.7 Å². The summed E-state index contributed by atoms with van der Waals surface area (Å²) in [6.07, 6.45) is 0. The van der Waals surface area contributed by atoms with E-state index in [0.717, 1.165) is 4.47 Å². The highest BCUT2D eigenvalue weighted by Gasteiger charge is 2.15. The first-order valence-electron chi connectivity index (χ1n) is 7.13. The van der Waals surface area contributed by atoms with Crippen molar-refractivity contribution in [3.05, 3.63) is 69.7 Å². The van der Waals surface area contributed by atoms with E-state index in [1.807, 2.05) is 6.07 Å². The molecular weight excluding hydrogens is 376 g/mol. The molecule has 0 spiro atoms. The van der Waals surface area contributed by atoms with E-state index in [4.69, 9.17) is 5.11 Å². The number of carbonyl (C=O) groups excluding carboxylic acids is 2. The van der Waals surface area contributed by atoms with Crippen LogP contribution in [0.5, 0.6) is 0 Å². The van der Waals surface area contributed by atoms with E-state index in [9.17, 15) is 14.4 Å². The molecule has 0 bridgehead atoms. The number of carbonyl (C=O) groups is 3. The van der Waals surface area contributed by atoms with Crippen molar-refractivity contribution in [1.29, 1.82) is 0 Å². The van der Waals surface area contributed by atoms with Gasteiger partial charge in [-0.15, -0.1) is 0 Å². The van der Waals surface area contributed by atoms with E-state index in [1.165, 1.54) is 12.1 Å². The van der Waals surface area contributed by atoms with Crippen LogP contribution in [0.15, 0.2) is 53.0 Å². The Kier molecular flexibility index (Phi) is 6.08.